The van der Waals surface area contributed by atoms with E-state index in [-0.39, 0.29) is 0 Å². The third-order valence-corrected chi connectivity index (χ3v) is 5.40. The van der Waals surface area contributed by atoms with Crippen LogP contribution >= 0.6 is 46.3 Å². The average Bonchev–Trinajstić information content (AvgIpc) is 2.97. The normalized spacial score (nSPS) is 10.8. The van der Waals surface area contributed by atoms with Gasteiger partial charge in [-0.05, 0) is 17.7 Å². The Labute approximate surface area is 139 Å². The Hall–Kier alpha value is -1.21. The topological polar surface area (TPSA) is 51.6 Å². The fourth-order valence-electron chi connectivity index (χ4n) is 1.59. The standard InChI is InChI=1S/C13H8Cl2N4S2/c14-9-2-1-3-10(15)8(9)7-20-13-19-18-12(21-13)11-6-16-4-5-17-11/h1-6H,7H2. The van der Waals surface area contributed by atoms with Crippen molar-refractivity contribution in [2.75, 3.05) is 0 Å². The number of benzene rings is 1. The Balaban J connectivity index is 1.74. The molecule has 0 fully saturated rings. The van der Waals surface area contributed by atoms with Crippen LogP contribution in [0.15, 0.2) is 41.1 Å². The highest BCUT2D eigenvalue weighted by atomic mass is 35.5. The molecule has 0 radical (unpaired) electrons. The number of rotatable bonds is 4. The lowest BCUT2D eigenvalue weighted by atomic mass is 10.2. The summed E-state index contributed by atoms with van der Waals surface area (Å²) in [7, 11) is 0. The second-order valence-electron chi connectivity index (χ2n) is 3.95. The van der Waals surface area contributed by atoms with Crippen molar-refractivity contribution in [3.8, 4) is 10.7 Å². The molecule has 0 aliphatic rings. The molecule has 2 heterocycles. The van der Waals surface area contributed by atoms with E-state index in [4.69, 9.17) is 23.2 Å². The lowest BCUT2D eigenvalue weighted by Crippen LogP contribution is -1.84. The second kappa shape index (κ2) is 6.70. The van der Waals surface area contributed by atoms with Crippen LogP contribution in [-0.2, 0) is 5.75 Å². The van der Waals surface area contributed by atoms with E-state index >= 15 is 0 Å². The Kier molecular flexibility index (Phi) is 4.70. The molecule has 0 aliphatic carbocycles. The predicted molar refractivity (Wildman–Crippen MR) is 87.0 cm³/mol. The van der Waals surface area contributed by atoms with Crippen LogP contribution in [0.25, 0.3) is 10.7 Å². The Morgan fingerprint density at radius 3 is 2.62 bits per heavy atom. The Morgan fingerprint density at radius 2 is 1.90 bits per heavy atom. The van der Waals surface area contributed by atoms with Crippen molar-refractivity contribution in [1.82, 2.24) is 20.2 Å². The first kappa shape index (κ1) is 14.7. The molecule has 0 N–H and O–H groups in total. The molecule has 1 aromatic carbocycles. The SMILES string of the molecule is Clc1cccc(Cl)c1CSc1nnc(-c2cnccn2)s1. The van der Waals surface area contributed by atoms with Gasteiger partial charge in [-0.3, -0.25) is 9.97 Å². The van der Waals surface area contributed by atoms with Gasteiger partial charge in [0, 0.05) is 28.2 Å². The van der Waals surface area contributed by atoms with Crippen molar-refractivity contribution in [2.24, 2.45) is 0 Å². The third-order valence-electron chi connectivity index (χ3n) is 2.59. The fraction of sp³-hybridized carbons (Fsp3) is 0.0769. The molecule has 0 bridgehead atoms. The largest absolute Gasteiger partial charge is 0.261 e. The quantitative estimate of drug-likeness (QED) is 0.641. The number of hydrogen-bond acceptors (Lipinski definition) is 6. The van der Waals surface area contributed by atoms with Crippen LogP contribution in [0.3, 0.4) is 0 Å². The van der Waals surface area contributed by atoms with Gasteiger partial charge >= 0.3 is 0 Å². The smallest absolute Gasteiger partial charge is 0.175 e. The van der Waals surface area contributed by atoms with E-state index in [1.807, 2.05) is 18.2 Å². The highest BCUT2D eigenvalue weighted by Gasteiger charge is 2.11. The van der Waals surface area contributed by atoms with Gasteiger partial charge in [0.25, 0.3) is 0 Å². The molecule has 3 rings (SSSR count). The average molecular weight is 355 g/mol. The van der Waals surface area contributed by atoms with Crippen molar-refractivity contribution in [1.29, 1.82) is 0 Å². The molecule has 0 aliphatic heterocycles. The summed E-state index contributed by atoms with van der Waals surface area (Å²) in [6, 6.07) is 5.48. The van der Waals surface area contributed by atoms with Crippen LogP contribution in [-0.4, -0.2) is 20.2 Å². The lowest BCUT2D eigenvalue weighted by Gasteiger charge is -2.04. The predicted octanol–water partition coefficient (Wildman–Crippen LogP) is 4.59. The third kappa shape index (κ3) is 3.52. The van der Waals surface area contributed by atoms with Crippen LogP contribution in [0.5, 0.6) is 0 Å². The van der Waals surface area contributed by atoms with Crippen LogP contribution in [0.4, 0.5) is 0 Å². The van der Waals surface area contributed by atoms with E-state index in [2.05, 4.69) is 20.2 Å². The highest BCUT2D eigenvalue weighted by molar-refractivity contribution is 8.00. The molecular weight excluding hydrogens is 347 g/mol. The molecule has 0 saturated carbocycles. The van der Waals surface area contributed by atoms with Crippen molar-refractivity contribution in [3.63, 3.8) is 0 Å². The summed E-state index contributed by atoms with van der Waals surface area (Å²) in [5.74, 6) is 0.646. The fourth-order valence-corrected chi connectivity index (χ4v) is 4.14. The Bertz CT molecular complexity index is 729. The second-order valence-corrected chi connectivity index (χ2v) is 6.97. The van der Waals surface area contributed by atoms with Crippen molar-refractivity contribution in [2.45, 2.75) is 10.1 Å². The molecular formula is C13H8Cl2N4S2. The van der Waals surface area contributed by atoms with E-state index in [9.17, 15) is 0 Å². The van der Waals surface area contributed by atoms with Crippen molar-refractivity contribution in [3.05, 3.63) is 52.4 Å². The molecule has 0 atom stereocenters. The Morgan fingerprint density at radius 1 is 1.10 bits per heavy atom. The first-order valence-corrected chi connectivity index (χ1v) is 8.45. The van der Waals surface area contributed by atoms with E-state index in [0.29, 0.717) is 15.8 Å². The van der Waals surface area contributed by atoms with Gasteiger partial charge in [0.15, 0.2) is 9.35 Å². The summed E-state index contributed by atoms with van der Waals surface area (Å²) in [6.45, 7) is 0. The molecule has 0 amide bonds. The maximum Gasteiger partial charge on any atom is 0.175 e. The van der Waals surface area contributed by atoms with Crippen LogP contribution in [0.1, 0.15) is 5.56 Å². The van der Waals surface area contributed by atoms with E-state index < -0.39 is 0 Å². The highest BCUT2D eigenvalue weighted by Crippen LogP contribution is 2.34. The minimum atomic E-state index is 0.646. The van der Waals surface area contributed by atoms with Crippen LogP contribution in [0, 0.1) is 0 Å². The first-order valence-electron chi connectivity index (χ1n) is 5.89. The van der Waals surface area contributed by atoms with Gasteiger partial charge in [-0.15, -0.1) is 10.2 Å². The first-order chi connectivity index (χ1) is 10.2. The zero-order valence-electron chi connectivity index (χ0n) is 10.5. The van der Waals surface area contributed by atoms with Crippen LogP contribution < -0.4 is 0 Å². The van der Waals surface area contributed by atoms with Crippen LogP contribution in [0.2, 0.25) is 10.0 Å². The van der Waals surface area contributed by atoms with Gasteiger partial charge in [0.2, 0.25) is 0 Å². The molecule has 0 spiro atoms. The number of aromatic nitrogens is 4. The zero-order chi connectivity index (χ0) is 14.7. The number of hydrogen-bond donors (Lipinski definition) is 0. The summed E-state index contributed by atoms with van der Waals surface area (Å²) in [5.41, 5.74) is 1.62. The van der Waals surface area contributed by atoms with E-state index in [1.54, 1.807) is 30.4 Å². The molecule has 0 unspecified atom stereocenters. The number of halogens is 2. The molecule has 0 saturated heterocycles. The summed E-state index contributed by atoms with van der Waals surface area (Å²) in [5, 5.41) is 10.3. The molecule has 21 heavy (non-hydrogen) atoms. The minimum absolute atomic E-state index is 0.646. The zero-order valence-corrected chi connectivity index (χ0v) is 13.7. The van der Waals surface area contributed by atoms with Gasteiger partial charge in [-0.25, -0.2) is 0 Å². The summed E-state index contributed by atoms with van der Waals surface area (Å²) in [6.07, 6.45) is 4.92. The maximum absolute atomic E-state index is 6.15. The molecule has 2 aromatic heterocycles. The summed E-state index contributed by atoms with van der Waals surface area (Å²) >= 11 is 15.3. The van der Waals surface area contributed by atoms with E-state index in [0.717, 1.165) is 20.6 Å². The molecule has 8 heteroatoms. The van der Waals surface area contributed by atoms with Gasteiger partial charge in [-0.1, -0.05) is 52.4 Å². The van der Waals surface area contributed by atoms with Gasteiger partial charge < -0.3 is 0 Å². The van der Waals surface area contributed by atoms with Crippen molar-refractivity contribution >= 4 is 46.3 Å². The molecule has 4 nitrogen and oxygen atoms in total. The van der Waals surface area contributed by atoms with Gasteiger partial charge in [0.05, 0.1) is 6.20 Å². The lowest BCUT2D eigenvalue weighted by molar-refractivity contribution is 1.01. The number of nitrogens with zero attached hydrogens (tertiary/aromatic N) is 4. The van der Waals surface area contributed by atoms with E-state index in [1.165, 1.54) is 11.3 Å². The molecule has 106 valence electrons. The van der Waals surface area contributed by atoms with Crippen molar-refractivity contribution < 1.29 is 0 Å². The van der Waals surface area contributed by atoms with Gasteiger partial charge in [-0.2, -0.15) is 0 Å². The monoisotopic (exact) mass is 354 g/mol. The summed E-state index contributed by atoms with van der Waals surface area (Å²) in [4.78, 5) is 8.22. The van der Waals surface area contributed by atoms with Gasteiger partial charge in [0.1, 0.15) is 5.69 Å². The summed E-state index contributed by atoms with van der Waals surface area (Å²) < 4.78 is 0.839. The number of thioether (sulfide) groups is 1. The minimum Gasteiger partial charge on any atom is -0.261 e. The molecule has 3 aromatic rings. The maximum atomic E-state index is 6.15.